The summed E-state index contributed by atoms with van der Waals surface area (Å²) in [4.78, 5) is 17.0. The van der Waals surface area contributed by atoms with E-state index in [1.165, 1.54) is 6.07 Å². The van der Waals surface area contributed by atoms with E-state index in [0.29, 0.717) is 35.1 Å². The molecule has 0 bridgehead atoms. The van der Waals surface area contributed by atoms with E-state index in [0.717, 1.165) is 37.7 Å². The van der Waals surface area contributed by atoms with E-state index in [2.05, 4.69) is 20.2 Å². The Bertz CT molecular complexity index is 1310. The standard InChI is InChI=1S/C27H34N4O5S/c1-18(2)27-29-25(30-36-27)16-20-9-11-21(12-10-20)28-26(32)17-35-24-14-13-23(15-19(24)3)37(33,34)31-22-7-5-4-6-8-22/h9-15,18,22,31H,4-8,16-17H2,1-3H3,(H,28,32). The lowest BCUT2D eigenvalue weighted by Crippen LogP contribution is -2.36. The van der Waals surface area contributed by atoms with Crippen molar-refractivity contribution in [2.24, 2.45) is 0 Å². The molecule has 9 nitrogen and oxygen atoms in total. The molecule has 2 aromatic carbocycles. The van der Waals surface area contributed by atoms with Gasteiger partial charge in [0, 0.05) is 24.1 Å². The van der Waals surface area contributed by atoms with E-state index in [4.69, 9.17) is 9.26 Å². The molecule has 1 aliphatic rings. The summed E-state index contributed by atoms with van der Waals surface area (Å²) in [5.74, 6) is 1.55. The van der Waals surface area contributed by atoms with Gasteiger partial charge in [-0.1, -0.05) is 50.4 Å². The van der Waals surface area contributed by atoms with E-state index in [1.807, 2.05) is 26.0 Å². The van der Waals surface area contributed by atoms with Crippen LogP contribution in [0.3, 0.4) is 0 Å². The number of aromatic nitrogens is 2. The molecule has 1 heterocycles. The summed E-state index contributed by atoms with van der Waals surface area (Å²) in [7, 11) is -3.60. The summed E-state index contributed by atoms with van der Waals surface area (Å²) in [5.41, 5.74) is 2.28. The van der Waals surface area contributed by atoms with Gasteiger partial charge in [-0.05, 0) is 61.2 Å². The van der Waals surface area contributed by atoms with Gasteiger partial charge >= 0.3 is 0 Å². The molecule has 1 aliphatic carbocycles. The maximum Gasteiger partial charge on any atom is 0.262 e. The minimum atomic E-state index is -3.60. The van der Waals surface area contributed by atoms with Crippen molar-refractivity contribution in [1.29, 1.82) is 0 Å². The predicted octanol–water partition coefficient (Wildman–Crippen LogP) is 4.72. The second-order valence-corrected chi connectivity index (χ2v) is 11.5. The smallest absolute Gasteiger partial charge is 0.262 e. The molecule has 0 spiro atoms. The first-order valence-electron chi connectivity index (χ1n) is 12.7. The van der Waals surface area contributed by atoms with Crippen molar-refractivity contribution in [2.75, 3.05) is 11.9 Å². The van der Waals surface area contributed by atoms with Crippen LogP contribution in [0.2, 0.25) is 0 Å². The molecule has 1 saturated carbocycles. The fraction of sp³-hybridized carbons (Fsp3) is 0.444. The van der Waals surface area contributed by atoms with Crippen LogP contribution in [0, 0.1) is 6.92 Å². The molecule has 37 heavy (non-hydrogen) atoms. The second-order valence-electron chi connectivity index (χ2n) is 9.80. The van der Waals surface area contributed by atoms with Crippen LogP contribution in [0.5, 0.6) is 5.75 Å². The lowest BCUT2D eigenvalue weighted by Gasteiger charge is -2.22. The van der Waals surface area contributed by atoms with Crippen LogP contribution in [-0.2, 0) is 21.2 Å². The van der Waals surface area contributed by atoms with Gasteiger partial charge in [0.15, 0.2) is 12.4 Å². The van der Waals surface area contributed by atoms with Crippen LogP contribution in [0.4, 0.5) is 5.69 Å². The zero-order chi connectivity index (χ0) is 26.4. The summed E-state index contributed by atoms with van der Waals surface area (Å²) in [6, 6.07) is 12.1. The van der Waals surface area contributed by atoms with Gasteiger partial charge in [-0.25, -0.2) is 13.1 Å². The fourth-order valence-electron chi connectivity index (χ4n) is 4.26. The summed E-state index contributed by atoms with van der Waals surface area (Å²) in [6.45, 7) is 5.56. The number of carbonyl (C=O) groups is 1. The predicted molar refractivity (Wildman–Crippen MR) is 140 cm³/mol. The Labute approximate surface area is 218 Å². The molecule has 1 aromatic heterocycles. The molecular formula is C27H34N4O5S. The molecule has 1 amide bonds. The van der Waals surface area contributed by atoms with E-state index in [9.17, 15) is 13.2 Å². The first-order valence-corrected chi connectivity index (χ1v) is 14.1. The number of ether oxygens (including phenoxy) is 1. The zero-order valence-corrected chi connectivity index (χ0v) is 22.3. The number of nitrogens with zero attached hydrogens (tertiary/aromatic N) is 2. The lowest BCUT2D eigenvalue weighted by molar-refractivity contribution is -0.118. The molecule has 0 aliphatic heterocycles. The van der Waals surface area contributed by atoms with E-state index in [-0.39, 0.29) is 29.4 Å². The average Bonchev–Trinajstić information content (AvgIpc) is 3.34. The van der Waals surface area contributed by atoms with Crippen molar-refractivity contribution in [3.8, 4) is 5.75 Å². The number of benzene rings is 2. The minimum absolute atomic E-state index is 0.00976. The molecule has 0 unspecified atom stereocenters. The summed E-state index contributed by atoms with van der Waals surface area (Å²) in [6.07, 6.45) is 5.53. The Hall–Kier alpha value is -3.24. The van der Waals surface area contributed by atoms with Gasteiger partial charge in [0.25, 0.3) is 5.91 Å². The Morgan fingerprint density at radius 1 is 1.11 bits per heavy atom. The number of amides is 1. The Morgan fingerprint density at radius 2 is 1.84 bits per heavy atom. The maximum atomic E-state index is 12.8. The number of carbonyl (C=O) groups excluding carboxylic acids is 1. The van der Waals surface area contributed by atoms with Crippen molar-refractivity contribution in [3.63, 3.8) is 0 Å². The fourth-order valence-corrected chi connectivity index (χ4v) is 5.65. The molecule has 2 N–H and O–H groups in total. The van der Waals surface area contributed by atoms with E-state index < -0.39 is 10.0 Å². The third kappa shape index (κ3) is 7.39. The normalized spacial score (nSPS) is 14.6. The molecule has 0 saturated heterocycles. The maximum absolute atomic E-state index is 12.8. The van der Waals surface area contributed by atoms with Crippen molar-refractivity contribution >= 4 is 21.6 Å². The number of anilines is 1. The average molecular weight is 527 g/mol. The second kappa shape index (κ2) is 11.9. The zero-order valence-electron chi connectivity index (χ0n) is 21.5. The van der Waals surface area contributed by atoms with Crippen LogP contribution in [0.15, 0.2) is 51.9 Å². The molecular weight excluding hydrogens is 492 g/mol. The summed E-state index contributed by atoms with van der Waals surface area (Å²) < 4.78 is 39.2. The molecule has 0 atom stereocenters. The van der Waals surface area contributed by atoms with Crippen LogP contribution in [0.25, 0.3) is 0 Å². The van der Waals surface area contributed by atoms with Gasteiger partial charge in [-0.3, -0.25) is 4.79 Å². The van der Waals surface area contributed by atoms with Gasteiger partial charge in [-0.2, -0.15) is 4.98 Å². The number of sulfonamides is 1. The quantitative estimate of drug-likeness (QED) is 0.392. The SMILES string of the molecule is Cc1cc(S(=O)(=O)NC2CCCCC2)ccc1OCC(=O)Nc1ccc(Cc2noc(C(C)C)n2)cc1. The Balaban J connectivity index is 1.28. The molecule has 10 heteroatoms. The summed E-state index contributed by atoms with van der Waals surface area (Å²) >= 11 is 0. The largest absolute Gasteiger partial charge is 0.483 e. The lowest BCUT2D eigenvalue weighted by atomic mass is 9.96. The van der Waals surface area contributed by atoms with Crippen molar-refractivity contribution in [2.45, 2.75) is 76.2 Å². The minimum Gasteiger partial charge on any atom is -0.483 e. The number of rotatable bonds is 10. The van der Waals surface area contributed by atoms with Crippen LogP contribution in [0.1, 0.15) is 74.7 Å². The highest BCUT2D eigenvalue weighted by Gasteiger charge is 2.22. The number of nitrogens with one attached hydrogen (secondary N) is 2. The topological polar surface area (TPSA) is 123 Å². The van der Waals surface area contributed by atoms with Crippen molar-refractivity contribution < 1.29 is 22.5 Å². The van der Waals surface area contributed by atoms with Crippen LogP contribution in [-0.4, -0.2) is 37.1 Å². The van der Waals surface area contributed by atoms with Crippen molar-refractivity contribution in [3.05, 3.63) is 65.3 Å². The third-order valence-electron chi connectivity index (χ3n) is 6.32. The number of aryl methyl sites for hydroxylation is 1. The first kappa shape index (κ1) is 26.8. The van der Waals surface area contributed by atoms with Gasteiger partial charge in [-0.15, -0.1) is 0 Å². The molecule has 198 valence electrons. The highest BCUT2D eigenvalue weighted by Crippen LogP contribution is 2.24. The molecule has 0 radical (unpaired) electrons. The number of hydrogen-bond acceptors (Lipinski definition) is 7. The highest BCUT2D eigenvalue weighted by molar-refractivity contribution is 7.89. The number of hydrogen-bond donors (Lipinski definition) is 2. The van der Waals surface area contributed by atoms with Gasteiger partial charge in [0.2, 0.25) is 15.9 Å². The Morgan fingerprint density at radius 3 is 2.49 bits per heavy atom. The molecule has 4 rings (SSSR count). The summed E-state index contributed by atoms with van der Waals surface area (Å²) in [5, 5.41) is 6.80. The van der Waals surface area contributed by atoms with Crippen molar-refractivity contribution in [1.82, 2.24) is 14.9 Å². The third-order valence-corrected chi connectivity index (χ3v) is 7.84. The van der Waals surface area contributed by atoms with Crippen LogP contribution < -0.4 is 14.8 Å². The Kier molecular flexibility index (Phi) is 8.60. The highest BCUT2D eigenvalue weighted by atomic mass is 32.2. The monoisotopic (exact) mass is 526 g/mol. The first-order chi connectivity index (χ1) is 17.7. The molecule has 1 fully saturated rings. The molecule has 3 aromatic rings. The van der Waals surface area contributed by atoms with Gasteiger partial charge < -0.3 is 14.6 Å². The van der Waals surface area contributed by atoms with Gasteiger partial charge in [0.1, 0.15) is 5.75 Å². The van der Waals surface area contributed by atoms with Gasteiger partial charge in [0.05, 0.1) is 4.90 Å². The van der Waals surface area contributed by atoms with E-state index in [1.54, 1.807) is 31.2 Å². The van der Waals surface area contributed by atoms with Crippen LogP contribution >= 0.6 is 0 Å². The van der Waals surface area contributed by atoms with E-state index >= 15 is 0 Å².